The van der Waals surface area contributed by atoms with E-state index in [0.717, 1.165) is 32.0 Å². The highest BCUT2D eigenvalue weighted by Gasteiger charge is 2.29. The number of para-hydroxylation sites is 1. The molecule has 0 saturated carbocycles. The Morgan fingerprint density at radius 3 is 2.91 bits per heavy atom. The van der Waals surface area contributed by atoms with E-state index in [0.29, 0.717) is 30.5 Å². The Hall–Kier alpha value is -1.46. The van der Waals surface area contributed by atoms with E-state index in [9.17, 15) is 0 Å². The highest BCUT2D eigenvalue weighted by molar-refractivity contribution is 6.32. The van der Waals surface area contributed by atoms with E-state index in [2.05, 4.69) is 22.5 Å². The number of ether oxygens (including phenoxy) is 2. The Morgan fingerprint density at radius 2 is 2.22 bits per heavy atom. The van der Waals surface area contributed by atoms with Crippen molar-refractivity contribution in [1.29, 1.82) is 0 Å². The molecule has 6 heteroatoms. The van der Waals surface area contributed by atoms with E-state index in [1.54, 1.807) is 0 Å². The van der Waals surface area contributed by atoms with Crippen LogP contribution in [0.4, 0.5) is 0 Å². The maximum Gasteiger partial charge on any atom is 0.191 e. The van der Waals surface area contributed by atoms with Crippen molar-refractivity contribution in [2.45, 2.75) is 32.3 Å². The molecule has 2 rings (SSSR count). The second-order valence-electron chi connectivity index (χ2n) is 5.80. The van der Waals surface area contributed by atoms with E-state index in [4.69, 9.17) is 21.1 Å². The molecule has 23 heavy (non-hydrogen) atoms. The summed E-state index contributed by atoms with van der Waals surface area (Å²) in [5, 5.41) is 7.13. The van der Waals surface area contributed by atoms with Gasteiger partial charge in [0.25, 0.3) is 0 Å². The van der Waals surface area contributed by atoms with Gasteiger partial charge in [-0.2, -0.15) is 0 Å². The number of aliphatic imine (C=N–C) groups is 1. The Balaban J connectivity index is 1.77. The van der Waals surface area contributed by atoms with Crippen LogP contribution in [-0.4, -0.2) is 44.4 Å². The predicted octanol–water partition coefficient (Wildman–Crippen LogP) is 2.84. The van der Waals surface area contributed by atoms with E-state index < -0.39 is 0 Å². The quantitative estimate of drug-likeness (QED) is 0.455. The second-order valence-corrected chi connectivity index (χ2v) is 6.21. The second kappa shape index (κ2) is 8.99. The molecule has 1 saturated heterocycles. The molecule has 0 amide bonds. The van der Waals surface area contributed by atoms with E-state index >= 15 is 0 Å². The zero-order valence-electron chi connectivity index (χ0n) is 13.9. The van der Waals surface area contributed by atoms with E-state index in [1.807, 2.05) is 31.2 Å². The fraction of sp³-hybridized carbons (Fsp3) is 0.588. The summed E-state index contributed by atoms with van der Waals surface area (Å²) in [7, 11) is 0. The molecule has 0 aromatic heterocycles. The average molecular weight is 340 g/mol. The lowest BCUT2D eigenvalue weighted by Gasteiger charge is -2.21. The SMILES string of the molecule is CCNC(=NCC1(C)CCCO1)NCCOc1ccccc1Cl. The molecule has 2 N–H and O–H groups in total. The van der Waals surface area contributed by atoms with Crippen molar-refractivity contribution < 1.29 is 9.47 Å². The molecule has 1 aliphatic rings. The average Bonchev–Trinajstić information content (AvgIpc) is 2.98. The third kappa shape index (κ3) is 5.92. The number of nitrogens with one attached hydrogen (secondary N) is 2. The molecular formula is C17H26ClN3O2. The van der Waals surface area contributed by atoms with Gasteiger partial charge in [-0.15, -0.1) is 0 Å². The van der Waals surface area contributed by atoms with Gasteiger partial charge < -0.3 is 20.1 Å². The van der Waals surface area contributed by atoms with Crippen LogP contribution in [0, 0.1) is 0 Å². The first-order chi connectivity index (χ1) is 11.1. The highest BCUT2D eigenvalue weighted by Crippen LogP contribution is 2.25. The Bertz CT molecular complexity index is 516. The summed E-state index contributed by atoms with van der Waals surface area (Å²) in [6.45, 7) is 7.64. The van der Waals surface area contributed by atoms with Crippen LogP contribution < -0.4 is 15.4 Å². The maximum atomic E-state index is 6.06. The Labute approximate surface area is 143 Å². The first kappa shape index (κ1) is 17.9. The molecule has 1 aromatic carbocycles. The molecule has 5 nitrogen and oxygen atoms in total. The van der Waals surface area contributed by atoms with Crippen molar-refractivity contribution in [2.75, 3.05) is 32.8 Å². The normalized spacial score (nSPS) is 21.3. The summed E-state index contributed by atoms with van der Waals surface area (Å²) < 4.78 is 11.4. The van der Waals surface area contributed by atoms with Gasteiger partial charge in [0.1, 0.15) is 12.4 Å². The van der Waals surface area contributed by atoms with Crippen LogP contribution in [0.15, 0.2) is 29.3 Å². The van der Waals surface area contributed by atoms with Crippen LogP contribution in [0.1, 0.15) is 26.7 Å². The third-order valence-electron chi connectivity index (χ3n) is 3.71. The smallest absolute Gasteiger partial charge is 0.191 e. The molecule has 1 unspecified atom stereocenters. The minimum atomic E-state index is -0.129. The fourth-order valence-electron chi connectivity index (χ4n) is 2.44. The minimum Gasteiger partial charge on any atom is -0.490 e. The number of halogens is 1. The summed E-state index contributed by atoms with van der Waals surface area (Å²) in [6, 6.07) is 7.47. The summed E-state index contributed by atoms with van der Waals surface area (Å²) in [5.74, 6) is 1.48. The van der Waals surface area contributed by atoms with Gasteiger partial charge in [-0.1, -0.05) is 23.7 Å². The van der Waals surface area contributed by atoms with Gasteiger partial charge in [-0.3, -0.25) is 4.99 Å². The first-order valence-corrected chi connectivity index (χ1v) is 8.54. The van der Waals surface area contributed by atoms with Crippen LogP contribution in [-0.2, 0) is 4.74 Å². The molecule has 1 aliphatic heterocycles. The largest absolute Gasteiger partial charge is 0.490 e. The van der Waals surface area contributed by atoms with Crippen LogP contribution >= 0.6 is 11.6 Å². The maximum absolute atomic E-state index is 6.06. The molecule has 128 valence electrons. The van der Waals surface area contributed by atoms with Crippen LogP contribution in [0.25, 0.3) is 0 Å². The molecule has 1 aromatic rings. The van der Waals surface area contributed by atoms with Crippen molar-refractivity contribution >= 4 is 17.6 Å². The highest BCUT2D eigenvalue weighted by atomic mass is 35.5. The molecule has 0 aliphatic carbocycles. The topological polar surface area (TPSA) is 54.9 Å². The number of hydrogen-bond acceptors (Lipinski definition) is 3. The molecule has 0 spiro atoms. The van der Waals surface area contributed by atoms with Gasteiger partial charge in [0.2, 0.25) is 0 Å². The van der Waals surface area contributed by atoms with Crippen molar-refractivity contribution in [3.8, 4) is 5.75 Å². The summed E-state index contributed by atoms with van der Waals surface area (Å²) in [5.41, 5.74) is -0.129. The number of guanidine groups is 1. The van der Waals surface area contributed by atoms with Crippen molar-refractivity contribution in [3.05, 3.63) is 29.3 Å². The van der Waals surface area contributed by atoms with Crippen molar-refractivity contribution in [2.24, 2.45) is 4.99 Å². The third-order valence-corrected chi connectivity index (χ3v) is 4.02. The van der Waals surface area contributed by atoms with Crippen molar-refractivity contribution in [1.82, 2.24) is 10.6 Å². The molecule has 1 heterocycles. The number of hydrogen-bond donors (Lipinski definition) is 2. The lowest BCUT2D eigenvalue weighted by atomic mass is 10.0. The van der Waals surface area contributed by atoms with Gasteiger partial charge >= 0.3 is 0 Å². The molecular weight excluding hydrogens is 314 g/mol. The van der Waals surface area contributed by atoms with Crippen molar-refractivity contribution in [3.63, 3.8) is 0 Å². The van der Waals surface area contributed by atoms with Crippen LogP contribution in [0.5, 0.6) is 5.75 Å². The van der Waals surface area contributed by atoms with Gasteiger partial charge in [-0.25, -0.2) is 0 Å². The molecule has 1 atom stereocenters. The van der Waals surface area contributed by atoms with E-state index in [1.165, 1.54) is 0 Å². The zero-order valence-corrected chi connectivity index (χ0v) is 14.7. The summed E-state index contributed by atoms with van der Waals surface area (Å²) in [6.07, 6.45) is 2.17. The zero-order chi connectivity index (χ0) is 16.5. The van der Waals surface area contributed by atoms with Crippen LogP contribution in [0.2, 0.25) is 5.02 Å². The predicted molar refractivity (Wildman–Crippen MR) is 94.5 cm³/mol. The van der Waals surface area contributed by atoms with Gasteiger partial charge in [0.05, 0.1) is 23.7 Å². The lowest BCUT2D eigenvalue weighted by Crippen LogP contribution is -2.40. The number of benzene rings is 1. The number of nitrogens with zero attached hydrogens (tertiary/aromatic N) is 1. The first-order valence-electron chi connectivity index (χ1n) is 8.16. The van der Waals surface area contributed by atoms with Crippen LogP contribution in [0.3, 0.4) is 0 Å². The summed E-state index contributed by atoms with van der Waals surface area (Å²) in [4.78, 5) is 4.62. The minimum absolute atomic E-state index is 0.129. The standard InChI is InChI=1S/C17H26ClN3O2/c1-3-19-16(21-13-17(2)9-6-11-23-17)20-10-12-22-15-8-5-4-7-14(15)18/h4-5,7-8H,3,6,9-13H2,1-2H3,(H2,19,20,21). The molecule has 1 fully saturated rings. The van der Waals surface area contributed by atoms with Gasteiger partial charge in [0, 0.05) is 13.2 Å². The molecule has 0 bridgehead atoms. The Morgan fingerprint density at radius 1 is 1.39 bits per heavy atom. The van der Waals surface area contributed by atoms with Gasteiger partial charge in [0.15, 0.2) is 5.96 Å². The summed E-state index contributed by atoms with van der Waals surface area (Å²) >= 11 is 6.06. The lowest BCUT2D eigenvalue weighted by molar-refractivity contribution is 0.0283. The van der Waals surface area contributed by atoms with Gasteiger partial charge in [-0.05, 0) is 38.8 Å². The monoisotopic (exact) mass is 339 g/mol. The van der Waals surface area contributed by atoms with E-state index in [-0.39, 0.29) is 5.60 Å². The molecule has 0 radical (unpaired) electrons. The Kier molecular flexibility index (Phi) is 6.99. The number of rotatable bonds is 7. The fourth-order valence-corrected chi connectivity index (χ4v) is 2.63.